The van der Waals surface area contributed by atoms with Crippen molar-refractivity contribution in [2.45, 2.75) is 18.7 Å². The number of nitrogens with one attached hydrogen (secondary N) is 1. The molecule has 1 N–H and O–H groups in total. The van der Waals surface area contributed by atoms with Crippen LogP contribution < -0.4 is 10.3 Å². The van der Waals surface area contributed by atoms with Crippen molar-refractivity contribution in [2.75, 3.05) is 11.3 Å². The number of Topliss-reactive ketones (excluding diaryl/α,β-unsaturated/α-hetero) is 1. The van der Waals surface area contributed by atoms with Gasteiger partial charge < -0.3 is 9.15 Å². The Balaban J connectivity index is 1.36. The number of carbonyl (C=O) groups is 2. The Morgan fingerprint density at radius 1 is 0.950 bits per heavy atom. The predicted molar refractivity (Wildman–Crippen MR) is 149 cm³/mol. The van der Waals surface area contributed by atoms with E-state index in [0.717, 1.165) is 11.5 Å². The standard InChI is InChI=1S/C29H25N3O7S/c1-18-13-14-22(16-23(18)29(35)38-17-24(33)26-15-20-9-7-8-12-25(20)39-26)40(36,37)30-27-19(2)31(3)32(28(27)34)21-10-5-4-6-11-21/h4-16,30H,17H2,1-3H3. The molecule has 11 heteroatoms. The normalized spacial score (nSPS) is 11.5. The predicted octanol–water partition coefficient (Wildman–Crippen LogP) is 4.38. The molecule has 0 bridgehead atoms. The Morgan fingerprint density at radius 2 is 1.65 bits per heavy atom. The molecule has 204 valence electrons. The molecular weight excluding hydrogens is 534 g/mol. The van der Waals surface area contributed by atoms with E-state index >= 15 is 0 Å². The Hall–Kier alpha value is -4.90. The highest BCUT2D eigenvalue weighted by molar-refractivity contribution is 7.92. The Bertz CT molecular complexity index is 1900. The SMILES string of the molecule is Cc1ccc(S(=O)(=O)Nc2c(C)n(C)n(-c3ccccc3)c2=O)cc1C(=O)OCC(=O)c1cc2ccccc2o1. The molecule has 0 fully saturated rings. The number of aryl methyl sites for hydroxylation is 1. The van der Waals surface area contributed by atoms with Gasteiger partial charge in [-0.05, 0) is 55.8 Å². The van der Waals surface area contributed by atoms with E-state index in [1.807, 2.05) is 12.1 Å². The highest BCUT2D eigenvalue weighted by Crippen LogP contribution is 2.22. The zero-order valence-corrected chi connectivity index (χ0v) is 22.7. The van der Waals surface area contributed by atoms with Crippen LogP contribution in [0.15, 0.2) is 93.0 Å². The maximum Gasteiger partial charge on any atom is 0.338 e. The van der Waals surface area contributed by atoms with Gasteiger partial charge in [-0.15, -0.1) is 0 Å². The number of carbonyl (C=O) groups excluding carboxylic acids is 2. The molecule has 3 aromatic carbocycles. The summed E-state index contributed by atoms with van der Waals surface area (Å²) in [5.41, 5.74) is 1.24. The van der Waals surface area contributed by atoms with Crippen molar-refractivity contribution in [1.82, 2.24) is 9.36 Å². The molecule has 0 radical (unpaired) electrons. The van der Waals surface area contributed by atoms with Crippen molar-refractivity contribution in [2.24, 2.45) is 7.05 Å². The minimum Gasteiger partial charge on any atom is -0.454 e. The van der Waals surface area contributed by atoms with Crippen LogP contribution in [-0.2, 0) is 21.8 Å². The summed E-state index contributed by atoms with van der Waals surface area (Å²) in [5, 5.41) is 0.739. The van der Waals surface area contributed by atoms with Gasteiger partial charge in [0.05, 0.1) is 21.8 Å². The number of sulfonamides is 1. The van der Waals surface area contributed by atoms with Crippen molar-refractivity contribution in [3.05, 3.63) is 112 Å². The van der Waals surface area contributed by atoms with Gasteiger partial charge in [0.25, 0.3) is 15.6 Å². The summed E-state index contributed by atoms with van der Waals surface area (Å²) in [6.07, 6.45) is 0. The monoisotopic (exact) mass is 559 g/mol. The number of ether oxygens (including phenoxy) is 1. The number of furan rings is 1. The fourth-order valence-corrected chi connectivity index (χ4v) is 5.41. The molecule has 5 rings (SSSR count). The zero-order chi connectivity index (χ0) is 28.6. The van der Waals surface area contributed by atoms with E-state index in [4.69, 9.17) is 9.15 Å². The average molecular weight is 560 g/mol. The Morgan fingerprint density at radius 3 is 2.38 bits per heavy atom. The first-order chi connectivity index (χ1) is 19.1. The van der Waals surface area contributed by atoms with E-state index in [1.165, 1.54) is 16.8 Å². The Kier molecular flexibility index (Phi) is 6.90. The first-order valence-electron chi connectivity index (χ1n) is 12.2. The average Bonchev–Trinajstić information content (AvgIpc) is 3.47. The van der Waals surface area contributed by atoms with Crippen LogP contribution in [0.2, 0.25) is 0 Å². The highest BCUT2D eigenvalue weighted by atomic mass is 32.2. The molecule has 0 atom stereocenters. The molecule has 0 saturated carbocycles. The minimum absolute atomic E-state index is 0.0354. The fraction of sp³-hybridized carbons (Fsp3) is 0.138. The van der Waals surface area contributed by atoms with Gasteiger partial charge in [0.15, 0.2) is 12.4 Å². The first-order valence-corrected chi connectivity index (χ1v) is 13.7. The second-order valence-corrected chi connectivity index (χ2v) is 10.8. The summed E-state index contributed by atoms with van der Waals surface area (Å²) in [6.45, 7) is 2.65. The number of ketones is 1. The summed E-state index contributed by atoms with van der Waals surface area (Å²) in [6, 6.07) is 21.4. The number of nitrogens with zero attached hydrogens (tertiary/aromatic N) is 2. The number of benzene rings is 3. The number of hydrogen-bond acceptors (Lipinski definition) is 7. The maximum atomic E-state index is 13.3. The van der Waals surface area contributed by atoms with Gasteiger partial charge in [-0.2, -0.15) is 0 Å². The summed E-state index contributed by atoms with van der Waals surface area (Å²) in [5.74, 6) is -1.37. The van der Waals surface area contributed by atoms with Gasteiger partial charge in [-0.1, -0.05) is 42.5 Å². The topological polar surface area (TPSA) is 130 Å². The summed E-state index contributed by atoms with van der Waals surface area (Å²) >= 11 is 0. The van der Waals surface area contributed by atoms with Crippen molar-refractivity contribution in [3.8, 4) is 5.69 Å². The number of para-hydroxylation sites is 2. The third kappa shape index (κ3) is 4.94. The van der Waals surface area contributed by atoms with Crippen molar-refractivity contribution in [3.63, 3.8) is 0 Å². The molecule has 40 heavy (non-hydrogen) atoms. The molecule has 0 unspecified atom stereocenters. The van der Waals surface area contributed by atoms with E-state index in [1.54, 1.807) is 74.1 Å². The number of hydrogen-bond donors (Lipinski definition) is 1. The largest absolute Gasteiger partial charge is 0.454 e. The number of fused-ring (bicyclic) bond motifs is 1. The lowest BCUT2D eigenvalue weighted by Gasteiger charge is -2.10. The molecule has 0 spiro atoms. The lowest BCUT2D eigenvalue weighted by Crippen LogP contribution is -2.23. The molecular formula is C29H25N3O7S. The van der Waals surface area contributed by atoms with Gasteiger partial charge in [0.2, 0.25) is 5.78 Å². The lowest BCUT2D eigenvalue weighted by molar-refractivity contribution is 0.0467. The zero-order valence-electron chi connectivity index (χ0n) is 21.9. The molecule has 2 heterocycles. The molecule has 0 aliphatic carbocycles. The van der Waals surface area contributed by atoms with Crippen LogP contribution in [0, 0.1) is 13.8 Å². The smallest absolute Gasteiger partial charge is 0.338 e. The van der Waals surface area contributed by atoms with Gasteiger partial charge in [-0.3, -0.25) is 19.0 Å². The van der Waals surface area contributed by atoms with Crippen LogP contribution in [0.25, 0.3) is 16.7 Å². The second-order valence-electron chi connectivity index (χ2n) is 9.17. The van der Waals surface area contributed by atoms with Crippen molar-refractivity contribution in [1.29, 1.82) is 0 Å². The van der Waals surface area contributed by atoms with E-state index in [0.29, 0.717) is 22.5 Å². The minimum atomic E-state index is -4.27. The Labute approximate surface area is 229 Å². The van der Waals surface area contributed by atoms with Gasteiger partial charge in [0, 0.05) is 12.4 Å². The number of anilines is 1. The van der Waals surface area contributed by atoms with Gasteiger partial charge in [-0.25, -0.2) is 17.9 Å². The molecule has 5 aromatic rings. The third-order valence-corrected chi connectivity index (χ3v) is 7.91. The molecule has 2 aromatic heterocycles. The lowest BCUT2D eigenvalue weighted by atomic mass is 10.1. The van der Waals surface area contributed by atoms with Crippen LogP contribution in [0.3, 0.4) is 0 Å². The van der Waals surface area contributed by atoms with Crippen LogP contribution in [0.5, 0.6) is 0 Å². The highest BCUT2D eigenvalue weighted by Gasteiger charge is 2.25. The quantitative estimate of drug-likeness (QED) is 0.221. The van der Waals surface area contributed by atoms with E-state index in [2.05, 4.69) is 4.72 Å². The second kappa shape index (κ2) is 10.3. The number of esters is 1. The number of aromatic nitrogens is 2. The molecule has 0 amide bonds. The van der Waals surface area contributed by atoms with Crippen LogP contribution in [0.4, 0.5) is 5.69 Å². The number of rotatable bonds is 8. The fourth-order valence-electron chi connectivity index (χ4n) is 4.27. The molecule has 10 nitrogen and oxygen atoms in total. The van der Waals surface area contributed by atoms with Gasteiger partial charge >= 0.3 is 5.97 Å². The van der Waals surface area contributed by atoms with Crippen LogP contribution >= 0.6 is 0 Å². The molecule has 0 saturated heterocycles. The van der Waals surface area contributed by atoms with E-state index in [9.17, 15) is 22.8 Å². The van der Waals surface area contributed by atoms with E-state index in [-0.39, 0.29) is 21.9 Å². The van der Waals surface area contributed by atoms with Crippen molar-refractivity contribution >= 4 is 38.4 Å². The summed E-state index contributed by atoms with van der Waals surface area (Å²) < 4.78 is 42.6. The van der Waals surface area contributed by atoms with Gasteiger partial charge in [0.1, 0.15) is 11.3 Å². The maximum absolute atomic E-state index is 13.3. The summed E-state index contributed by atoms with van der Waals surface area (Å²) in [7, 11) is -2.63. The third-order valence-electron chi connectivity index (χ3n) is 6.56. The van der Waals surface area contributed by atoms with Crippen LogP contribution in [-0.4, -0.2) is 36.1 Å². The molecule has 0 aliphatic heterocycles. The van der Waals surface area contributed by atoms with E-state index < -0.39 is 33.9 Å². The first kappa shape index (κ1) is 26.7. The van der Waals surface area contributed by atoms with Crippen LogP contribution in [0.1, 0.15) is 32.2 Å². The summed E-state index contributed by atoms with van der Waals surface area (Å²) in [4.78, 5) is 38.3. The molecule has 0 aliphatic rings. The van der Waals surface area contributed by atoms with Crippen molar-refractivity contribution < 1.29 is 27.2 Å².